The SMILES string of the molecule is CCCC(CCC)(NCC)C(=O)OCC. The molecular weight excluding hydrogens is 190 g/mol. The maximum atomic E-state index is 12.0. The zero-order chi connectivity index (χ0) is 11.7. The van der Waals surface area contributed by atoms with Crippen LogP contribution in [-0.2, 0) is 9.53 Å². The molecule has 0 aromatic rings. The monoisotopic (exact) mass is 215 g/mol. The molecule has 0 spiro atoms. The van der Waals surface area contributed by atoms with Crippen molar-refractivity contribution in [2.45, 2.75) is 58.9 Å². The Morgan fingerprint density at radius 3 is 2.00 bits per heavy atom. The van der Waals surface area contributed by atoms with Crippen molar-refractivity contribution in [2.75, 3.05) is 13.2 Å². The summed E-state index contributed by atoms with van der Waals surface area (Å²) in [5.41, 5.74) is -0.450. The van der Waals surface area contributed by atoms with E-state index in [0.29, 0.717) is 6.61 Å². The quantitative estimate of drug-likeness (QED) is 0.632. The number of carbonyl (C=O) groups excluding carboxylic acids is 1. The average Bonchev–Trinajstić information content (AvgIpc) is 2.19. The minimum atomic E-state index is -0.450. The Kier molecular flexibility index (Phi) is 7.39. The van der Waals surface area contributed by atoms with E-state index in [1.807, 2.05) is 13.8 Å². The molecule has 0 rings (SSSR count). The first-order chi connectivity index (χ1) is 7.16. The molecule has 0 unspecified atom stereocenters. The van der Waals surface area contributed by atoms with Crippen molar-refractivity contribution in [2.24, 2.45) is 0 Å². The van der Waals surface area contributed by atoms with Crippen LogP contribution >= 0.6 is 0 Å². The van der Waals surface area contributed by atoms with Crippen molar-refractivity contribution in [3.05, 3.63) is 0 Å². The van der Waals surface area contributed by atoms with Crippen molar-refractivity contribution in [3.63, 3.8) is 0 Å². The first-order valence-electron chi connectivity index (χ1n) is 6.09. The highest BCUT2D eigenvalue weighted by Gasteiger charge is 2.36. The summed E-state index contributed by atoms with van der Waals surface area (Å²) >= 11 is 0. The van der Waals surface area contributed by atoms with E-state index in [0.717, 1.165) is 32.2 Å². The lowest BCUT2D eigenvalue weighted by molar-refractivity contribution is -0.152. The predicted molar refractivity (Wildman–Crippen MR) is 62.9 cm³/mol. The molecule has 0 aliphatic rings. The lowest BCUT2D eigenvalue weighted by Crippen LogP contribution is -2.52. The smallest absolute Gasteiger partial charge is 0.326 e. The van der Waals surface area contributed by atoms with Crippen LogP contribution in [0.25, 0.3) is 0 Å². The second-order valence-corrected chi connectivity index (χ2v) is 3.83. The van der Waals surface area contributed by atoms with Crippen molar-refractivity contribution in [1.29, 1.82) is 0 Å². The third-order valence-corrected chi connectivity index (χ3v) is 2.53. The highest BCUT2D eigenvalue weighted by Crippen LogP contribution is 2.21. The second-order valence-electron chi connectivity index (χ2n) is 3.83. The van der Waals surface area contributed by atoms with Crippen LogP contribution in [0, 0.1) is 0 Å². The van der Waals surface area contributed by atoms with Gasteiger partial charge in [0.1, 0.15) is 5.54 Å². The summed E-state index contributed by atoms with van der Waals surface area (Å²) in [6.45, 7) is 9.34. The molecule has 0 bridgehead atoms. The number of rotatable bonds is 8. The maximum absolute atomic E-state index is 12.0. The normalized spacial score (nSPS) is 11.5. The van der Waals surface area contributed by atoms with Gasteiger partial charge in [0.2, 0.25) is 0 Å². The van der Waals surface area contributed by atoms with Gasteiger partial charge >= 0.3 is 5.97 Å². The zero-order valence-corrected chi connectivity index (χ0v) is 10.6. The van der Waals surface area contributed by atoms with Crippen molar-refractivity contribution < 1.29 is 9.53 Å². The number of nitrogens with one attached hydrogen (secondary N) is 1. The standard InChI is InChI=1S/C12H25NO2/c1-5-9-12(10-6-2,13-7-3)11(14)15-8-4/h13H,5-10H2,1-4H3. The van der Waals surface area contributed by atoms with Crippen molar-refractivity contribution in [1.82, 2.24) is 5.32 Å². The minimum Gasteiger partial charge on any atom is -0.465 e. The van der Waals surface area contributed by atoms with Gasteiger partial charge in [-0.2, -0.15) is 0 Å². The third kappa shape index (κ3) is 4.20. The summed E-state index contributed by atoms with van der Waals surface area (Å²) in [6, 6.07) is 0. The Morgan fingerprint density at radius 2 is 1.67 bits per heavy atom. The third-order valence-electron chi connectivity index (χ3n) is 2.53. The van der Waals surface area contributed by atoms with E-state index in [1.54, 1.807) is 0 Å². The van der Waals surface area contributed by atoms with E-state index < -0.39 is 5.54 Å². The van der Waals surface area contributed by atoms with Crippen LogP contribution in [0.15, 0.2) is 0 Å². The van der Waals surface area contributed by atoms with E-state index in [-0.39, 0.29) is 5.97 Å². The van der Waals surface area contributed by atoms with Crippen LogP contribution in [0.3, 0.4) is 0 Å². The summed E-state index contributed by atoms with van der Waals surface area (Å²) in [5.74, 6) is -0.0875. The molecule has 0 aliphatic carbocycles. The lowest BCUT2D eigenvalue weighted by Gasteiger charge is -2.31. The fourth-order valence-electron chi connectivity index (χ4n) is 2.04. The van der Waals surface area contributed by atoms with Crippen LogP contribution in [0.4, 0.5) is 0 Å². The Bertz CT molecular complexity index is 163. The van der Waals surface area contributed by atoms with Gasteiger partial charge in [0, 0.05) is 0 Å². The van der Waals surface area contributed by atoms with E-state index in [9.17, 15) is 4.79 Å². The topological polar surface area (TPSA) is 38.3 Å². The van der Waals surface area contributed by atoms with Crippen LogP contribution in [-0.4, -0.2) is 24.7 Å². The Hall–Kier alpha value is -0.570. The molecule has 0 heterocycles. The van der Waals surface area contributed by atoms with Crippen molar-refractivity contribution >= 4 is 5.97 Å². The highest BCUT2D eigenvalue weighted by atomic mass is 16.5. The molecule has 0 aromatic carbocycles. The molecule has 0 radical (unpaired) electrons. The molecule has 0 saturated carbocycles. The molecule has 15 heavy (non-hydrogen) atoms. The summed E-state index contributed by atoms with van der Waals surface area (Å²) < 4.78 is 5.16. The van der Waals surface area contributed by atoms with Crippen LogP contribution in [0.2, 0.25) is 0 Å². The second kappa shape index (κ2) is 7.69. The molecule has 0 saturated heterocycles. The first-order valence-corrected chi connectivity index (χ1v) is 6.09. The molecule has 3 heteroatoms. The predicted octanol–water partition coefficient (Wildman–Crippen LogP) is 2.50. The Labute approximate surface area is 93.6 Å². The number of ether oxygens (including phenoxy) is 1. The van der Waals surface area contributed by atoms with Gasteiger partial charge in [-0.3, -0.25) is 4.79 Å². The van der Waals surface area contributed by atoms with Gasteiger partial charge < -0.3 is 10.1 Å². The molecule has 0 atom stereocenters. The summed E-state index contributed by atoms with van der Waals surface area (Å²) in [4.78, 5) is 12.0. The zero-order valence-electron chi connectivity index (χ0n) is 10.6. The molecule has 1 N–H and O–H groups in total. The Morgan fingerprint density at radius 1 is 1.13 bits per heavy atom. The molecule has 0 aromatic heterocycles. The van der Waals surface area contributed by atoms with Crippen LogP contribution < -0.4 is 5.32 Å². The van der Waals surface area contributed by atoms with Crippen LogP contribution in [0.5, 0.6) is 0 Å². The number of esters is 1. The van der Waals surface area contributed by atoms with E-state index in [4.69, 9.17) is 4.74 Å². The molecule has 0 fully saturated rings. The van der Waals surface area contributed by atoms with Gasteiger partial charge in [-0.15, -0.1) is 0 Å². The minimum absolute atomic E-state index is 0.0875. The molecular formula is C12H25NO2. The molecule has 3 nitrogen and oxygen atoms in total. The van der Waals surface area contributed by atoms with E-state index in [2.05, 4.69) is 19.2 Å². The highest BCUT2D eigenvalue weighted by molar-refractivity contribution is 5.80. The first kappa shape index (κ1) is 14.4. The van der Waals surface area contributed by atoms with E-state index >= 15 is 0 Å². The van der Waals surface area contributed by atoms with Gasteiger partial charge in [-0.1, -0.05) is 33.6 Å². The van der Waals surface area contributed by atoms with Gasteiger partial charge in [0.05, 0.1) is 6.61 Å². The molecule has 0 aliphatic heterocycles. The van der Waals surface area contributed by atoms with Gasteiger partial charge in [-0.25, -0.2) is 0 Å². The largest absolute Gasteiger partial charge is 0.465 e. The summed E-state index contributed by atoms with van der Waals surface area (Å²) in [7, 11) is 0. The van der Waals surface area contributed by atoms with Crippen molar-refractivity contribution in [3.8, 4) is 0 Å². The lowest BCUT2D eigenvalue weighted by atomic mass is 9.88. The van der Waals surface area contributed by atoms with Gasteiger partial charge in [0.15, 0.2) is 0 Å². The van der Waals surface area contributed by atoms with E-state index in [1.165, 1.54) is 0 Å². The van der Waals surface area contributed by atoms with Crippen LogP contribution in [0.1, 0.15) is 53.4 Å². The number of carbonyl (C=O) groups is 1. The molecule has 0 amide bonds. The summed E-state index contributed by atoms with van der Waals surface area (Å²) in [5, 5.41) is 3.31. The average molecular weight is 215 g/mol. The number of hydrogen-bond acceptors (Lipinski definition) is 3. The number of hydrogen-bond donors (Lipinski definition) is 1. The fourth-order valence-corrected chi connectivity index (χ4v) is 2.04. The maximum Gasteiger partial charge on any atom is 0.326 e. The molecule has 90 valence electrons. The van der Waals surface area contributed by atoms with Gasteiger partial charge in [-0.05, 0) is 26.3 Å². The Balaban J connectivity index is 4.65. The summed E-state index contributed by atoms with van der Waals surface area (Å²) in [6.07, 6.45) is 3.69. The van der Waals surface area contributed by atoms with Gasteiger partial charge in [0.25, 0.3) is 0 Å². The number of likely N-dealkylation sites (N-methyl/N-ethyl adjacent to an activating group) is 1. The fraction of sp³-hybridized carbons (Fsp3) is 0.917.